The Balaban J connectivity index is 2.80. The van der Waals surface area contributed by atoms with Gasteiger partial charge >= 0.3 is 0 Å². The van der Waals surface area contributed by atoms with Gasteiger partial charge in [0, 0.05) is 23.0 Å². The molecule has 1 unspecified atom stereocenters. The predicted octanol–water partition coefficient (Wildman–Crippen LogP) is 4.21. The molecule has 0 spiro atoms. The Morgan fingerprint density at radius 2 is 1.83 bits per heavy atom. The number of nitrogens with two attached hydrogens (primary N) is 1. The van der Waals surface area contributed by atoms with Gasteiger partial charge in [0.1, 0.15) is 0 Å². The Bertz CT molecular complexity index is 792. The zero-order valence-corrected chi connectivity index (χ0v) is 15.1. The number of nitriles is 1. The van der Waals surface area contributed by atoms with Crippen molar-refractivity contribution in [3.8, 4) is 17.2 Å². The minimum Gasteiger partial charge on any atom is -0.366 e. The lowest BCUT2D eigenvalue weighted by Crippen LogP contribution is -2.17. The Hall–Kier alpha value is -2.54. The fourth-order valence-corrected chi connectivity index (χ4v) is 3.29. The van der Waals surface area contributed by atoms with Gasteiger partial charge in [0.05, 0.1) is 17.2 Å². The van der Waals surface area contributed by atoms with Gasteiger partial charge in [0.25, 0.3) is 5.91 Å². The normalized spacial score (nSPS) is 12.2. The van der Waals surface area contributed by atoms with E-state index in [2.05, 4.69) is 38.3 Å². The molecule has 0 saturated heterocycles. The molecule has 2 N–H and O–H groups in total. The molecular weight excluding hydrogens is 298 g/mol. The highest BCUT2D eigenvalue weighted by Gasteiger charge is 2.26. The average Bonchev–Trinajstić information content (AvgIpc) is 2.86. The van der Waals surface area contributed by atoms with E-state index in [0.29, 0.717) is 17.0 Å². The van der Waals surface area contributed by atoms with Crippen molar-refractivity contribution in [1.29, 1.82) is 5.26 Å². The van der Waals surface area contributed by atoms with E-state index in [1.54, 1.807) is 12.1 Å². The number of hydrogen-bond acceptors (Lipinski definition) is 2. The second-order valence-electron chi connectivity index (χ2n) is 6.54. The molecule has 2 rings (SSSR count). The zero-order valence-electron chi connectivity index (χ0n) is 15.1. The topological polar surface area (TPSA) is 71.8 Å². The van der Waals surface area contributed by atoms with Crippen LogP contribution in [-0.4, -0.2) is 10.5 Å². The molecule has 0 radical (unpaired) electrons. The molecule has 24 heavy (non-hydrogen) atoms. The van der Waals surface area contributed by atoms with Crippen LogP contribution in [0, 0.1) is 24.2 Å². The van der Waals surface area contributed by atoms with Crippen LogP contribution in [0.5, 0.6) is 0 Å². The first-order chi connectivity index (χ1) is 11.3. The third-order valence-electron chi connectivity index (χ3n) is 4.81. The van der Waals surface area contributed by atoms with E-state index < -0.39 is 5.91 Å². The Kier molecular flexibility index (Phi) is 5.14. The maximum atomic E-state index is 12.2. The van der Waals surface area contributed by atoms with Crippen LogP contribution in [0.3, 0.4) is 0 Å². The van der Waals surface area contributed by atoms with Crippen molar-refractivity contribution >= 4 is 5.91 Å². The molecule has 0 saturated carbocycles. The van der Waals surface area contributed by atoms with Gasteiger partial charge in [-0.3, -0.25) is 4.79 Å². The average molecular weight is 323 g/mol. The lowest BCUT2D eigenvalue weighted by Gasteiger charge is -2.23. The molecule has 0 aliphatic heterocycles. The summed E-state index contributed by atoms with van der Waals surface area (Å²) >= 11 is 0. The number of carbonyl (C=O) groups is 1. The van der Waals surface area contributed by atoms with Crippen molar-refractivity contribution in [3.05, 3.63) is 46.8 Å². The van der Waals surface area contributed by atoms with Gasteiger partial charge in [0.15, 0.2) is 0 Å². The summed E-state index contributed by atoms with van der Waals surface area (Å²) in [5, 5.41) is 9.00. The summed E-state index contributed by atoms with van der Waals surface area (Å²) in [5.74, 6) is 0.0345. The SMILES string of the molecule is CCc1c(-c2ccc(C#N)cc2)c(C(N)=O)c(C)n1C(C)C(C)C. The van der Waals surface area contributed by atoms with E-state index in [9.17, 15) is 4.79 Å². The van der Waals surface area contributed by atoms with Crippen LogP contribution in [0.15, 0.2) is 24.3 Å². The van der Waals surface area contributed by atoms with E-state index in [1.807, 2.05) is 19.1 Å². The molecule has 126 valence electrons. The molecule has 4 nitrogen and oxygen atoms in total. The van der Waals surface area contributed by atoms with E-state index in [1.165, 1.54) is 0 Å². The second-order valence-corrected chi connectivity index (χ2v) is 6.54. The van der Waals surface area contributed by atoms with Crippen LogP contribution >= 0.6 is 0 Å². The molecule has 1 aromatic heterocycles. The number of amides is 1. The minimum absolute atomic E-state index is 0.269. The Morgan fingerprint density at radius 3 is 2.25 bits per heavy atom. The summed E-state index contributed by atoms with van der Waals surface area (Å²) in [6.45, 7) is 10.6. The minimum atomic E-state index is -0.406. The van der Waals surface area contributed by atoms with Gasteiger partial charge in [-0.25, -0.2) is 0 Å². The number of primary amides is 1. The fraction of sp³-hybridized carbons (Fsp3) is 0.400. The first-order valence-electron chi connectivity index (χ1n) is 8.37. The predicted molar refractivity (Wildman–Crippen MR) is 96.8 cm³/mol. The summed E-state index contributed by atoms with van der Waals surface area (Å²) in [4.78, 5) is 12.2. The molecule has 4 heteroatoms. The smallest absolute Gasteiger partial charge is 0.251 e. The molecule has 0 bridgehead atoms. The summed E-state index contributed by atoms with van der Waals surface area (Å²) in [5.41, 5.74) is 10.8. The number of benzene rings is 1. The van der Waals surface area contributed by atoms with Gasteiger partial charge in [0.2, 0.25) is 0 Å². The first-order valence-corrected chi connectivity index (χ1v) is 8.37. The number of carbonyl (C=O) groups excluding carboxylic acids is 1. The number of rotatable bonds is 5. The summed E-state index contributed by atoms with van der Waals surface area (Å²) < 4.78 is 2.25. The Morgan fingerprint density at radius 1 is 1.25 bits per heavy atom. The van der Waals surface area contributed by atoms with E-state index >= 15 is 0 Å². The number of hydrogen-bond donors (Lipinski definition) is 1. The standard InChI is InChI=1S/C20H25N3O/c1-6-17-19(16-9-7-15(11-21)8-10-16)18(20(22)24)14(5)23(17)13(4)12(2)3/h7-10,12-13H,6H2,1-5H3,(H2,22,24). The van der Waals surface area contributed by atoms with Crippen LogP contribution < -0.4 is 5.73 Å². The van der Waals surface area contributed by atoms with Crippen molar-refractivity contribution < 1.29 is 4.79 Å². The summed E-state index contributed by atoms with van der Waals surface area (Å²) in [6, 6.07) is 9.73. The van der Waals surface area contributed by atoms with Crippen molar-refractivity contribution in [2.24, 2.45) is 11.7 Å². The molecule has 0 aliphatic carbocycles. The first kappa shape index (κ1) is 17.8. The van der Waals surface area contributed by atoms with Crippen LogP contribution in [-0.2, 0) is 6.42 Å². The van der Waals surface area contributed by atoms with E-state index in [0.717, 1.165) is 28.9 Å². The van der Waals surface area contributed by atoms with E-state index in [-0.39, 0.29) is 6.04 Å². The van der Waals surface area contributed by atoms with E-state index in [4.69, 9.17) is 11.0 Å². The van der Waals surface area contributed by atoms with Crippen LogP contribution in [0.25, 0.3) is 11.1 Å². The summed E-state index contributed by atoms with van der Waals surface area (Å²) in [7, 11) is 0. The van der Waals surface area contributed by atoms with Gasteiger partial charge < -0.3 is 10.3 Å². The van der Waals surface area contributed by atoms with Gasteiger partial charge in [-0.05, 0) is 43.9 Å². The highest BCUT2D eigenvalue weighted by Crippen LogP contribution is 2.36. The molecule has 1 amide bonds. The maximum absolute atomic E-state index is 12.2. The quantitative estimate of drug-likeness (QED) is 0.895. The third kappa shape index (κ3) is 2.94. The van der Waals surface area contributed by atoms with Gasteiger partial charge in [-0.2, -0.15) is 5.26 Å². The highest BCUT2D eigenvalue weighted by molar-refractivity contribution is 6.02. The zero-order chi connectivity index (χ0) is 18.0. The van der Waals surface area contributed by atoms with Crippen LogP contribution in [0.1, 0.15) is 61.0 Å². The lowest BCUT2D eigenvalue weighted by atomic mass is 9.98. The monoisotopic (exact) mass is 323 g/mol. The largest absolute Gasteiger partial charge is 0.366 e. The second kappa shape index (κ2) is 6.92. The molecular formula is C20H25N3O. The molecule has 0 fully saturated rings. The number of nitrogens with zero attached hydrogens (tertiary/aromatic N) is 2. The van der Waals surface area contributed by atoms with Crippen molar-refractivity contribution in [2.45, 2.75) is 47.1 Å². The maximum Gasteiger partial charge on any atom is 0.251 e. The van der Waals surface area contributed by atoms with Crippen LogP contribution in [0.2, 0.25) is 0 Å². The molecule has 1 aromatic carbocycles. The lowest BCUT2D eigenvalue weighted by molar-refractivity contribution is 0.1000. The van der Waals surface area contributed by atoms with Crippen molar-refractivity contribution in [2.75, 3.05) is 0 Å². The molecule has 2 aromatic rings. The van der Waals surface area contributed by atoms with Gasteiger partial charge in [-0.1, -0.05) is 32.9 Å². The molecule has 1 atom stereocenters. The number of aromatic nitrogens is 1. The molecule has 0 aliphatic rings. The van der Waals surface area contributed by atoms with Crippen molar-refractivity contribution in [1.82, 2.24) is 4.57 Å². The Labute approximate surface area is 143 Å². The van der Waals surface area contributed by atoms with Crippen molar-refractivity contribution in [3.63, 3.8) is 0 Å². The molecule has 1 heterocycles. The summed E-state index contributed by atoms with van der Waals surface area (Å²) in [6.07, 6.45) is 0.806. The fourth-order valence-electron chi connectivity index (χ4n) is 3.29. The third-order valence-corrected chi connectivity index (χ3v) is 4.81. The van der Waals surface area contributed by atoms with Gasteiger partial charge in [-0.15, -0.1) is 0 Å². The highest BCUT2D eigenvalue weighted by atomic mass is 16.1. The van der Waals surface area contributed by atoms with Crippen LogP contribution in [0.4, 0.5) is 0 Å².